The van der Waals surface area contributed by atoms with Crippen molar-refractivity contribution < 1.29 is 19.0 Å². The third-order valence-electron chi connectivity index (χ3n) is 5.84. The number of hydrogen-bond acceptors (Lipinski definition) is 5. The van der Waals surface area contributed by atoms with Crippen LogP contribution in [0.15, 0.2) is 65.1 Å². The normalized spacial score (nSPS) is 10.7. The molecule has 0 bridgehead atoms. The molecule has 0 amide bonds. The Balaban J connectivity index is 1.82. The van der Waals surface area contributed by atoms with Gasteiger partial charge in [0.1, 0.15) is 11.5 Å². The first kappa shape index (κ1) is 26.9. The zero-order valence-corrected chi connectivity index (χ0v) is 22.7. The Morgan fingerprint density at radius 3 is 1.86 bits per heavy atom. The van der Waals surface area contributed by atoms with Crippen LogP contribution in [0, 0.1) is 0 Å². The van der Waals surface area contributed by atoms with Gasteiger partial charge in [0.2, 0.25) is 0 Å². The summed E-state index contributed by atoms with van der Waals surface area (Å²) in [6, 6.07) is 20.3. The minimum atomic E-state index is -0.182. The summed E-state index contributed by atoms with van der Waals surface area (Å²) in [5.41, 5.74) is 4.40. The number of anilines is 1. The minimum absolute atomic E-state index is 0.182. The van der Waals surface area contributed by atoms with Crippen LogP contribution in [0.5, 0.6) is 11.5 Å². The smallest absolute Gasteiger partial charge is 0.305 e. The van der Waals surface area contributed by atoms with E-state index < -0.39 is 0 Å². The van der Waals surface area contributed by atoms with E-state index in [1.54, 1.807) is 14.2 Å². The lowest BCUT2D eigenvalue weighted by molar-refractivity contribution is -0.140. The standard InChI is InChI=1S/C28H31BrClNO4/c1-33-23-12-8-20(9-13-23)18-31(19-21-10-14-24(34-2)15-11-21)22-16-26(29)25(27(30)17-22)6-4-5-7-28(32)35-3/h8-17H,4-7,18-19H2,1-3H3. The van der Waals surface area contributed by atoms with Gasteiger partial charge in [0, 0.05) is 34.7 Å². The number of ether oxygens (including phenoxy) is 3. The number of halogens is 2. The van der Waals surface area contributed by atoms with E-state index in [9.17, 15) is 4.79 Å². The Bertz CT molecular complexity index is 1030. The van der Waals surface area contributed by atoms with Gasteiger partial charge in [0.05, 0.1) is 21.3 Å². The average Bonchev–Trinajstić information content (AvgIpc) is 2.88. The van der Waals surface area contributed by atoms with Crippen LogP contribution in [0.3, 0.4) is 0 Å². The molecular formula is C28H31BrClNO4. The molecule has 0 saturated carbocycles. The van der Waals surface area contributed by atoms with E-state index in [4.69, 9.17) is 25.8 Å². The molecule has 0 aliphatic heterocycles. The predicted octanol–water partition coefficient (Wildman–Crippen LogP) is 7.21. The SMILES string of the molecule is COC(=O)CCCCc1c(Cl)cc(N(Cc2ccc(OC)cc2)Cc2ccc(OC)cc2)cc1Br. The monoisotopic (exact) mass is 559 g/mol. The molecule has 3 rings (SSSR count). The average molecular weight is 561 g/mol. The van der Waals surface area contributed by atoms with Gasteiger partial charge < -0.3 is 19.1 Å². The van der Waals surface area contributed by atoms with Crippen LogP contribution in [0.4, 0.5) is 5.69 Å². The van der Waals surface area contributed by atoms with Crippen molar-refractivity contribution in [2.24, 2.45) is 0 Å². The molecule has 0 spiro atoms. The summed E-state index contributed by atoms with van der Waals surface area (Å²) in [6.45, 7) is 1.41. The fourth-order valence-electron chi connectivity index (χ4n) is 3.83. The lowest BCUT2D eigenvalue weighted by Crippen LogP contribution is -2.22. The van der Waals surface area contributed by atoms with Gasteiger partial charge >= 0.3 is 5.97 Å². The van der Waals surface area contributed by atoms with Crippen molar-refractivity contribution in [1.82, 2.24) is 0 Å². The fraction of sp³-hybridized carbons (Fsp3) is 0.321. The summed E-state index contributed by atoms with van der Waals surface area (Å²) in [5.74, 6) is 1.48. The Hall–Kier alpha value is -2.70. The van der Waals surface area contributed by atoms with Gasteiger partial charge in [-0.2, -0.15) is 0 Å². The third kappa shape index (κ3) is 7.91. The van der Waals surface area contributed by atoms with E-state index in [0.717, 1.165) is 46.5 Å². The molecule has 7 heteroatoms. The highest BCUT2D eigenvalue weighted by Crippen LogP contribution is 2.34. The number of benzene rings is 3. The van der Waals surface area contributed by atoms with Gasteiger partial charge in [-0.1, -0.05) is 51.8 Å². The van der Waals surface area contributed by atoms with Crippen LogP contribution in [-0.2, 0) is 29.0 Å². The molecule has 3 aromatic carbocycles. The molecule has 0 unspecified atom stereocenters. The van der Waals surface area contributed by atoms with Crippen LogP contribution in [0.1, 0.15) is 36.0 Å². The van der Waals surface area contributed by atoms with Crippen molar-refractivity contribution in [2.75, 3.05) is 26.2 Å². The van der Waals surface area contributed by atoms with E-state index in [1.807, 2.05) is 30.3 Å². The number of hydrogen-bond donors (Lipinski definition) is 0. The lowest BCUT2D eigenvalue weighted by Gasteiger charge is -2.27. The van der Waals surface area contributed by atoms with E-state index in [-0.39, 0.29) is 5.97 Å². The molecule has 0 aliphatic carbocycles. The Morgan fingerprint density at radius 1 is 0.857 bits per heavy atom. The second-order valence-corrected chi connectivity index (χ2v) is 9.48. The van der Waals surface area contributed by atoms with Crippen molar-refractivity contribution >= 4 is 39.2 Å². The summed E-state index contributed by atoms with van der Waals surface area (Å²) in [4.78, 5) is 13.7. The van der Waals surface area contributed by atoms with Crippen molar-refractivity contribution in [2.45, 2.75) is 38.8 Å². The summed E-state index contributed by atoms with van der Waals surface area (Å²) >= 11 is 10.5. The molecule has 186 valence electrons. The number of carbonyl (C=O) groups excluding carboxylic acids is 1. The molecule has 0 heterocycles. The molecule has 3 aromatic rings. The number of methoxy groups -OCH3 is 3. The van der Waals surface area contributed by atoms with Crippen LogP contribution in [-0.4, -0.2) is 27.3 Å². The Morgan fingerprint density at radius 2 is 1.40 bits per heavy atom. The van der Waals surface area contributed by atoms with Crippen molar-refractivity contribution in [3.8, 4) is 11.5 Å². The maximum Gasteiger partial charge on any atom is 0.305 e. The summed E-state index contributed by atoms with van der Waals surface area (Å²) in [7, 11) is 4.75. The van der Waals surface area contributed by atoms with Gasteiger partial charge in [0.15, 0.2) is 0 Å². The molecule has 35 heavy (non-hydrogen) atoms. The first-order chi connectivity index (χ1) is 16.9. The molecular weight excluding hydrogens is 530 g/mol. The minimum Gasteiger partial charge on any atom is -0.497 e. The zero-order chi connectivity index (χ0) is 25.2. The van der Waals surface area contributed by atoms with Gasteiger partial charge in [0.25, 0.3) is 0 Å². The second kappa shape index (κ2) is 13.4. The van der Waals surface area contributed by atoms with Crippen LogP contribution in [0.2, 0.25) is 5.02 Å². The molecule has 5 nitrogen and oxygen atoms in total. The topological polar surface area (TPSA) is 48.0 Å². The van der Waals surface area contributed by atoms with Crippen molar-refractivity contribution in [3.05, 3.63) is 86.8 Å². The molecule has 0 aliphatic rings. The molecule has 0 aromatic heterocycles. The van der Waals surface area contributed by atoms with E-state index in [0.29, 0.717) is 24.5 Å². The lowest BCUT2D eigenvalue weighted by atomic mass is 10.1. The van der Waals surface area contributed by atoms with Gasteiger partial charge in [-0.15, -0.1) is 0 Å². The molecule has 0 saturated heterocycles. The third-order valence-corrected chi connectivity index (χ3v) is 6.89. The van der Waals surface area contributed by atoms with Crippen LogP contribution < -0.4 is 14.4 Å². The predicted molar refractivity (Wildman–Crippen MR) is 145 cm³/mol. The zero-order valence-electron chi connectivity index (χ0n) is 20.4. The van der Waals surface area contributed by atoms with Gasteiger partial charge in [-0.05, 0) is 72.4 Å². The van der Waals surface area contributed by atoms with Gasteiger partial charge in [-0.3, -0.25) is 4.79 Å². The first-order valence-corrected chi connectivity index (χ1v) is 12.7. The van der Waals surface area contributed by atoms with Crippen molar-refractivity contribution in [1.29, 1.82) is 0 Å². The molecule has 0 radical (unpaired) electrons. The maximum absolute atomic E-state index is 11.4. The summed E-state index contributed by atoms with van der Waals surface area (Å²) < 4.78 is 16.3. The summed E-state index contributed by atoms with van der Waals surface area (Å²) in [5, 5.41) is 0.710. The van der Waals surface area contributed by atoms with E-state index in [2.05, 4.69) is 51.2 Å². The largest absolute Gasteiger partial charge is 0.497 e. The molecule has 0 N–H and O–H groups in total. The summed E-state index contributed by atoms with van der Waals surface area (Å²) in [6.07, 6.45) is 2.82. The fourth-order valence-corrected chi connectivity index (χ4v) is 4.89. The highest BCUT2D eigenvalue weighted by atomic mass is 79.9. The highest BCUT2D eigenvalue weighted by Gasteiger charge is 2.15. The molecule has 0 fully saturated rings. The highest BCUT2D eigenvalue weighted by molar-refractivity contribution is 9.10. The van der Waals surface area contributed by atoms with Crippen LogP contribution in [0.25, 0.3) is 0 Å². The quantitative estimate of drug-likeness (QED) is 0.173. The number of nitrogens with zero attached hydrogens (tertiary/aromatic N) is 1. The van der Waals surface area contributed by atoms with Crippen LogP contribution >= 0.6 is 27.5 Å². The number of unbranched alkanes of at least 4 members (excludes halogenated alkanes) is 1. The van der Waals surface area contributed by atoms with E-state index in [1.165, 1.54) is 18.2 Å². The first-order valence-electron chi connectivity index (χ1n) is 11.5. The van der Waals surface area contributed by atoms with Gasteiger partial charge in [-0.25, -0.2) is 0 Å². The van der Waals surface area contributed by atoms with E-state index >= 15 is 0 Å². The number of carbonyl (C=O) groups is 1. The molecule has 0 atom stereocenters. The second-order valence-electron chi connectivity index (χ2n) is 8.22. The van der Waals surface area contributed by atoms with Crippen molar-refractivity contribution in [3.63, 3.8) is 0 Å². The Labute approximate surface area is 221 Å². The number of esters is 1. The Kier molecular flexibility index (Phi) is 10.3. The maximum atomic E-state index is 11.4. The number of rotatable bonds is 12.